The Kier molecular flexibility index (Phi) is 4.60. The van der Waals surface area contributed by atoms with Gasteiger partial charge in [-0.15, -0.1) is 0 Å². The van der Waals surface area contributed by atoms with Gasteiger partial charge >= 0.3 is 0 Å². The first kappa shape index (κ1) is 15.9. The smallest absolute Gasteiger partial charge is 0.273 e. The first-order valence-electron chi connectivity index (χ1n) is 6.76. The molecule has 1 aliphatic heterocycles. The van der Waals surface area contributed by atoms with E-state index in [0.717, 1.165) is 12.8 Å². The summed E-state index contributed by atoms with van der Waals surface area (Å²) in [5.74, 6) is 0. The third-order valence-electron chi connectivity index (χ3n) is 3.82. The van der Waals surface area contributed by atoms with Crippen molar-refractivity contribution in [3.05, 3.63) is 33.9 Å². The predicted molar refractivity (Wildman–Crippen MR) is 76.5 cm³/mol. The Morgan fingerprint density at radius 1 is 1.43 bits per heavy atom. The summed E-state index contributed by atoms with van der Waals surface area (Å²) < 4.78 is 26.8. The van der Waals surface area contributed by atoms with Gasteiger partial charge in [-0.2, -0.15) is 4.31 Å². The number of hydrogen-bond acceptors (Lipinski definition) is 5. The van der Waals surface area contributed by atoms with E-state index < -0.39 is 21.0 Å². The lowest BCUT2D eigenvalue weighted by Crippen LogP contribution is -2.45. The topological polar surface area (TPSA) is 101 Å². The van der Waals surface area contributed by atoms with Gasteiger partial charge in [-0.3, -0.25) is 10.1 Å². The van der Waals surface area contributed by atoms with Crippen molar-refractivity contribution in [1.29, 1.82) is 0 Å². The maximum Gasteiger partial charge on any atom is 0.273 e. The zero-order valence-electron chi connectivity index (χ0n) is 11.7. The zero-order chi connectivity index (χ0) is 15.6. The molecule has 116 valence electrons. The minimum atomic E-state index is -3.84. The second-order valence-corrected chi connectivity index (χ2v) is 6.96. The molecule has 0 aromatic heterocycles. The van der Waals surface area contributed by atoms with Gasteiger partial charge in [0.25, 0.3) is 5.69 Å². The van der Waals surface area contributed by atoms with Gasteiger partial charge in [-0.1, -0.05) is 12.5 Å². The summed E-state index contributed by atoms with van der Waals surface area (Å²) >= 11 is 0. The molecule has 0 saturated carbocycles. The average molecular weight is 314 g/mol. The molecule has 8 heteroatoms. The molecule has 21 heavy (non-hydrogen) atoms. The van der Waals surface area contributed by atoms with Gasteiger partial charge in [0.05, 0.1) is 16.4 Å². The van der Waals surface area contributed by atoms with E-state index in [1.54, 1.807) is 0 Å². The molecule has 2 rings (SSSR count). The number of aliphatic hydroxyl groups excluding tert-OH is 1. The zero-order valence-corrected chi connectivity index (χ0v) is 12.5. The van der Waals surface area contributed by atoms with Crippen molar-refractivity contribution in [2.45, 2.75) is 37.1 Å². The third-order valence-corrected chi connectivity index (χ3v) is 5.92. The highest BCUT2D eigenvalue weighted by Gasteiger charge is 2.35. The Balaban J connectivity index is 2.49. The summed E-state index contributed by atoms with van der Waals surface area (Å²) in [6.07, 6.45) is 2.19. The molecule has 1 unspecified atom stereocenters. The molecule has 1 saturated heterocycles. The molecule has 7 nitrogen and oxygen atoms in total. The molecule has 1 heterocycles. The fourth-order valence-corrected chi connectivity index (χ4v) is 4.61. The van der Waals surface area contributed by atoms with Crippen molar-refractivity contribution < 1.29 is 18.4 Å². The van der Waals surface area contributed by atoms with E-state index in [1.165, 1.54) is 29.4 Å². The van der Waals surface area contributed by atoms with Crippen LogP contribution in [0.3, 0.4) is 0 Å². The van der Waals surface area contributed by atoms with Crippen LogP contribution in [-0.4, -0.2) is 41.9 Å². The quantitative estimate of drug-likeness (QED) is 0.669. The highest BCUT2D eigenvalue weighted by molar-refractivity contribution is 7.89. The Bertz CT molecular complexity index is 644. The van der Waals surface area contributed by atoms with Gasteiger partial charge in [0, 0.05) is 24.2 Å². The highest BCUT2D eigenvalue weighted by Crippen LogP contribution is 2.30. The molecular formula is C13H18N2O5S. The van der Waals surface area contributed by atoms with E-state index >= 15 is 0 Å². The third kappa shape index (κ3) is 2.92. The van der Waals surface area contributed by atoms with Crippen molar-refractivity contribution in [3.8, 4) is 0 Å². The average Bonchev–Trinajstić information content (AvgIpc) is 2.46. The van der Waals surface area contributed by atoms with Crippen LogP contribution in [0.1, 0.15) is 24.8 Å². The number of nitrogens with zero attached hydrogens (tertiary/aromatic N) is 2. The van der Waals surface area contributed by atoms with Crippen molar-refractivity contribution in [2.24, 2.45) is 0 Å². The molecule has 0 bridgehead atoms. The molecule has 1 aromatic carbocycles. The van der Waals surface area contributed by atoms with Crippen LogP contribution < -0.4 is 0 Å². The first-order valence-corrected chi connectivity index (χ1v) is 8.20. The summed E-state index contributed by atoms with van der Waals surface area (Å²) in [7, 11) is -3.84. The molecule has 0 aliphatic carbocycles. The molecular weight excluding hydrogens is 296 g/mol. The van der Waals surface area contributed by atoms with Crippen molar-refractivity contribution >= 4 is 15.7 Å². The lowest BCUT2D eigenvalue weighted by Gasteiger charge is -2.33. The van der Waals surface area contributed by atoms with Crippen LogP contribution in [0.15, 0.2) is 23.1 Å². The number of aliphatic hydroxyl groups is 1. The van der Waals surface area contributed by atoms with E-state index in [0.29, 0.717) is 13.0 Å². The summed E-state index contributed by atoms with van der Waals surface area (Å²) in [5.41, 5.74) is -0.0848. The monoisotopic (exact) mass is 314 g/mol. The minimum absolute atomic E-state index is 0.0583. The van der Waals surface area contributed by atoms with Gasteiger partial charge in [0.1, 0.15) is 0 Å². The van der Waals surface area contributed by atoms with Crippen LogP contribution in [0.4, 0.5) is 5.69 Å². The molecule has 0 radical (unpaired) electrons. The van der Waals surface area contributed by atoms with Crippen LogP contribution >= 0.6 is 0 Å². The van der Waals surface area contributed by atoms with Crippen molar-refractivity contribution in [3.63, 3.8) is 0 Å². The standard InChI is InChI=1S/C13H18N2O5S/c1-10-12(15(17)18)6-4-7-13(10)21(19,20)14-8-3-2-5-11(14)9-16/h4,6-7,11,16H,2-3,5,8-9H2,1H3. The Hall–Kier alpha value is -1.51. The van der Waals surface area contributed by atoms with Crippen LogP contribution in [0.5, 0.6) is 0 Å². The van der Waals surface area contributed by atoms with Crippen LogP contribution in [0, 0.1) is 17.0 Å². The number of rotatable bonds is 4. The largest absolute Gasteiger partial charge is 0.395 e. The summed E-state index contributed by atoms with van der Waals surface area (Å²) in [5, 5.41) is 20.3. The maximum absolute atomic E-state index is 12.7. The van der Waals surface area contributed by atoms with E-state index in [9.17, 15) is 23.6 Å². The van der Waals surface area contributed by atoms with Crippen LogP contribution in [-0.2, 0) is 10.0 Å². The van der Waals surface area contributed by atoms with E-state index in [2.05, 4.69) is 0 Å². The van der Waals surface area contributed by atoms with Crippen LogP contribution in [0.25, 0.3) is 0 Å². The normalized spacial score (nSPS) is 20.4. The van der Waals surface area contributed by atoms with Gasteiger partial charge in [0.2, 0.25) is 10.0 Å². The summed E-state index contributed by atoms with van der Waals surface area (Å²) in [6, 6.07) is 3.58. The summed E-state index contributed by atoms with van der Waals surface area (Å²) in [4.78, 5) is 10.3. The molecule has 1 aromatic rings. The predicted octanol–water partition coefficient (Wildman–Crippen LogP) is 1.44. The fourth-order valence-electron chi connectivity index (χ4n) is 2.68. The first-order chi connectivity index (χ1) is 9.89. The lowest BCUT2D eigenvalue weighted by molar-refractivity contribution is -0.385. The number of sulfonamides is 1. The molecule has 1 fully saturated rings. The number of nitro benzene ring substituents is 1. The van der Waals surface area contributed by atoms with E-state index in [1.807, 2.05) is 0 Å². The van der Waals surface area contributed by atoms with Gasteiger partial charge in [-0.25, -0.2) is 8.42 Å². The van der Waals surface area contributed by atoms with E-state index in [-0.39, 0.29) is 22.8 Å². The second-order valence-electron chi connectivity index (χ2n) is 5.11. The van der Waals surface area contributed by atoms with Gasteiger partial charge < -0.3 is 5.11 Å². The number of hydrogen-bond donors (Lipinski definition) is 1. The minimum Gasteiger partial charge on any atom is -0.395 e. The van der Waals surface area contributed by atoms with E-state index in [4.69, 9.17) is 0 Å². The van der Waals surface area contributed by atoms with Gasteiger partial charge in [0.15, 0.2) is 0 Å². The summed E-state index contributed by atoms with van der Waals surface area (Å²) in [6.45, 7) is 1.52. The van der Waals surface area contributed by atoms with Crippen molar-refractivity contribution in [1.82, 2.24) is 4.31 Å². The van der Waals surface area contributed by atoms with Crippen LogP contribution in [0.2, 0.25) is 0 Å². The van der Waals surface area contributed by atoms with Crippen molar-refractivity contribution in [2.75, 3.05) is 13.2 Å². The molecule has 1 N–H and O–H groups in total. The SMILES string of the molecule is Cc1c([N+](=O)[O-])cccc1S(=O)(=O)N1CCCCC1CO. The van der Waals surface area contributed by atoms with Gasteiger partial charge in [-0.05, 0) is 25.8 Å². The Morgan fingerprint density at radius 2 is 2.14 bits per heavy atom. The maximum atomic E-state index is 12.7. The Morgan fingerprint density at radius 3 is 2.76 bits per heavy atom. The number of nitro groups is 1. The second kappa shape index (κ2) is 6.08. The Labute approximate surface area is 123 Å². The molecule has 1 atom stereocenters. The molecule has 0 spiro atoms. The molecule has 1 aliphatic rings. The fraction of sp³-hybridized carbons (Fsp3) is 0.538. The number of benzene rings is 1. The molecule has 0 amide bonds. The highest BCUT2D eigenvalue weighted by atomic mass is 32.2. The number of piperidine rings is 1. The lowest BCUT2D eigenvalue weighted by atomic mass is 10.1.